The topological polar surface area (TPSA) is 46.2 Å². The molecule has 3 nitrogen and oxygen atoms in total. The first-order valence-corrected chi connectivity index (χ1v) is 7.47. The highest BCUT2D eigenvalue weighted by atomic mass is 32.2. The molecule has 1 aliphatic rings. The molecule has 100 valence electrons. The molecule has 0 atom stereocenters. The molecule has 0 saturated heterocycles. The molecule has 2 aromatic rings. The van der Waals surface area contributed by atoms with E-state index in [-0.39, 0.29) is 11.7 Å². The van der Waals surface area contributed by atoms with Crippen molar-refractivity contribution >= 4 is 29.1 Å². The van der Waals surface area contributed by atoms with E-state index in [4.69, 9.17) is 0 Å². The normalized spacial score (nSPS) is 12.0. The van der Waals surface area contributed by atoms with Gasteiger partial charge in [-0.1, -0.05) is 6.07 Å². The maximum atomic E-state index is 12.4. The minimum Gasteiger partial charge on any atom is -0.326 e. The third-order valence-corrected chi connectivity index (χ3v) is 4.07. The summed E-state index contributed by atoms with van der Waals surface area (Å²) in [4.78, 5) is 24.6. The number of thioether (sulfide) groups is 1. The van der Waals surface area contributed by atoms with Crippen molar-refractivity contribution in [2.24, 2.45) is 0 Å². The fourth-order valence-electron chi connectivity index (χ4n) is 2.46. The second-order valence-electron chi connectivity index (χ2n) is 4.68. The molecule has 0 spiro atoms. The van der Waals surface area contributed by atoms with Crippen molar-refractivity contribution in [1.29, 1.82) is 0 Å². The monoisotopic (exact) mass is 283 g/mol. The molecule has 0 fully saturated rings. The molecule has 0 aliphatic heterocycles. The lowest BCUT2D eigenvalue weighted by Crippen LogP contribution is -2.06. The van der Waals surface area contributed by atoms with Crippen LogP contribution in [-0.4, -0.2) is 17.9 Å². The Hall–Kier alpha value is -2.07. The van der Waals surface area contributed by atoms with Crippen molar-refractivity contribution < 1.29 is 9.59 Å². The van der Waals surface area contributed by atoms with Crippen LogP contribution in [0, 0.1) is 0 Å². The van der Waals surface area contributed by atoms with E-state index < -0.39 is 0 Å². The summed E-state index contributed by atoms with van der Waals surface area (Å²) < 4.78 is 0. The third-order valence-electron chi connectivity index (χ3n) is 3.35. The van der Waals surface area contributed by atoms with E-state index in [1.807, 2.05) is 36.6 Å². The Morgan fingerprint density at radius 2 is 1.75 bits per heavy atom. The van der Waals surface area contributed by atoms with Gasteiger partial charge in [0, 0.05) is 28.6 Å². The van der Waals surface area contributed by atoms with Crippen LogP contribution < -0.4 is 5.32 Å². The Bertz CT molecular complexity index is 737. The van der Waals surface area contributed by atoms with E-state index >= 15 is 0 Å². The van der Waals surface area contributed by atoms with Gasteiger partial charge >= 0.3 is 0 Å². The van der Waals surface area contributed by atoms with E-state index in [0.29, 0.717) is 11.3 Å². The van der Waals surface area contributed by atoms with Gasteiger partial charge in [0.2, 0.25) is 5.91 Å². The fourth-order valence-corrected chi connectivity index (χ4v) is 2.90. The first kappa shape index (κ1) is 12.9. The maximum Gasteiger partial charge on any atom is 0.221 e. The standard InChI is InChI=1S/C16H13NO2S/c1-9(18)17-10-3-5-12-14-8-11(20-2)4-6-13(14)16(19)15(12)7-10/h3-8H,1-2H3,(H,17,18). The van der Waals surface area contributed by atoms with Crippen molar-refractivity contribution in [2.75, 3.05) is 11.6 Å². The summed E-state index contributed by atoms with van der Waals surface area (Å²) in [6, 6.07) is 11.4. The fraction of sp³-hybridized carbons (Fsp3) is 0.125. The van der Waals surface area contributed by atoms with E-state index in [1.165, 1.54) is 6.92 Å². The van der Waals surface area contributed by atoms with Crippen LogP contribution in [0.3, 0.4) is 0 Å². The van der Waals surface area contributed by atoms with Crippen LogP contribution in [0.25, 0.3) is 11.1 Å². The predicted molar refractivity (Wildman–Crippen MR) is 81.4 cm³/mol. The van der Waals surface area contributed by atoms with Crippen molar-refractivity contribution in [2.45, 2.75) is 11.8 Å². The van der Waals surface area contributed by atoms with Gasteiger partial charge in [-0.3, -0.25) is 9.59 Å². The number of carbonyl (C=O) groups is 2. The third kappa shape index (κ3) is 2.02. The molecule has 0 saturated carbocycles. The number of hydrogen-bond donors (Lipinski definition) is 1. The van der Waals surface area contributed by atoms with Crippen molar-refractivity contribution in [3.05, 3.63) is 47.5 Å². The Kier molecular flexibility index (Phi) is 3.10. The lowest BCUT2D eigenvalue weighted by Gasteiger charge is -2.05. The summed E-state index contributed by atoms with van der Waals surface area (Å²) in [7, 11) is 0. The van der Waals surface area contributed by atoms with Gasteiger partial charge in [0.15, 0.2) is 5.78 Å². The van der Waals surface area contributed by atoms with Crippen LogP contribution in [0.5, 0.6) is 0 Å². The summed E-state index contributed by atoms with van der Waals surface area (Å²) in [6.07, 6.45) is 2.01. The molecule has 0 aromatic heterocycles. The molecule has 4 heteroatoms. The number of anilines is 1. The van der Waals surface area contributed by atoms with Gasteiger partial charge in [-0.15, -0.1) is 11.8 Å². The van der Waals surface area contributed by atoms with Gasteiger partial charge < -0.3 is 5.32 Å². The van der Waals surface area contributed by atoms with Gasteiger partial charge in [0.1, 0.15) is 0 Å². The maximum absolute atomic E-state index is 12.4. The zero-order chi connectivity index (χ0) is 14.3. The Morgan fingerprint density at radius 3 is 2.45 bits per heavy atom. The van der Waals surface area contributed by atoms with Crippen molar-refractivity contribution in [1.82, 2.24) is 0 Å². The van der Waals surface area contributed by atoms with Gasteiger partial charge in [-0.25, -0.2) is 0 Å². The SMILES string of the molecule is CSc1ccc2c(c1)-c1ccc(NC(C)=O)cc1C2=O. The Morgan fingerprint density at radius 1 is 1.00 bits per heavy atom. The number of nitrogens with one attached hydrogen (secondary N) is 1. The van der Waals surface area contributed by atoms with Crippen molar-refractivity contribution in [3.63, 3.8) is 0 Å². The molecule has 0 radical (unpaired) electrons. The molecule has 0 heterocycles. The number of ketones is 1. The van der Waals surface area contributed by atoms with Crippen LogP contribution in [0.4, 0.5) is 5.69 Å². The summed E-state index contributed by atoms with van der Waals surface area (Å²) in [5, 5.41) is 2.71. The summed E-state index contributed by atoms with van der Waals surface area (Å²) in [5.41, 5.74) is 3.96. The zero-order valence-corrected chi connectivity index (χ0v) is 12.0. The molecule has 3 rings (SSSR count). The lowest BCUT2D eigenvalue weighted by atomic mass is 10.1. The number of amides is 1. The van der Waals surface area contributed by atoms with Crippen LogP contribution in [-0.2, 0) is 4.79 Å². The van der Waals surface area contributed by atoms with Gasteiger partial charge in [0.25, 0.3) is 0 Å². The highest BCUT2D eigenvalue weighted by Gasteiger charge is 2.27. The largest absolute Gasteiger partial charge is 0.326 e. The Labute approximate surface area is 121 Å². The molecule has 2 aromatic carbocycles. The highest BCUT2D eigenvalue weighted by Crippen LogP contribution is 2.39. The summed E-state index contributed by atoms with van der Waals surface area (Å²) in [6.45, 7) is 1.45. The smallest absolute Gasteiger partial charge is 0.221 e. The number of fused-ring (bicyclic) bond motifs is 3. The average molecular weight is 283 g/mol. The molecular weight excluding hydrogens is 270 g/mol. The molecule has 1 amide bonds. The molecule has 0 bridgehead atoms. The first-order chi connectivity index (χ1) is 9.60. The number of rotatable bonds is 2. The molecule has 20 heavy (non-hydrogen) atoms. The predicted octanol–water partition coefficient (Wildman–Crippen LogP) is 3.58. The van der Waals surface area contributed by atoms with Crippen LogP contribution in [0.2, 0.25) is 0 Å². The van der Waals surface area contributed by atoms with E-state index in [0.717, 1.165) is 21.6 Å². The minimum atomic E-state index is -0.141. The second kappa shape index (κ2) is 4.80. The minimum absolute atomic E-state index is 0.0230. The number of hydrogen-bond acceptors (Lipinski definition) is 3. The summed E-state index contributed by atoms with van der Waals surface area (Å²) in [5.74, 6) is -0.118. The molecule has 0 unspecified atom stereocenters. The van der Waals surface area contributed by atoms with Crippen LogP contribution in [0.15, 0.2) is 41.3 Å². The van der Waals surface area contributed by atoms with E-state index in [1.54, 1.807) is 17.8 Å². The molecular formula is C16H13NO2S. The van der Waals surface area contributed by atoms with Crippen molar-refractivity contribution in [3.8, 4) is 11.1 Å². The zero-order valence-electron chi connectivity index (χ0n) is 11.2. The quantitative estimate of drug-likeness (QED) is 0.731. The number of carbonyl (C=O) groups excluding carboxylic acids is 2. The van der Waals surface area contributed by atoms with E-state index in [9.17, 15) is 9.59 Å². The first-order valence-electron chi connectivity index (χ1n) is 6.25. The second-order valence-corrected chi connectivity index (χ2v) is 5.56. The van der Waals surface area contributed by atoms with Crippen LogP contribution >= 0.6 is 11.8 Å². The molecule has 1 aliphatic carbocycles. The highest BCUT2D eigenvalue weighted by molar-refractivity contribution is 7.98. The van der Waals surface area contributed by atoms with Gasteiger partial charge in [-0.2, -0.15) is 0 Å². The molecule has 1 N–H and O–H groups in total. The Balaban J connectivity index is 2.12. The van der Waals surface area contributed by atoms with Gasteiger partial charge in [-0.05, 0) is 47.7 Å². The number of benzene rings is 2. The lowest BCUT2D eigenvalue weighted by molar-refractivity contribution is -0.114. The van der Waals surface area contributed by atoms with E-state index in [2.05, 4.69) is 5.32 Å². The average Bonchev–Trinajstić information content (AvgIpc) is 2.71. The van der Waals surface area contributed by atoms with Crippen LogP contribution in [0.1, 0.15) is 22.8 Å². The summed E-state index contributed by atoms with van der Waals surface area (Å²) >= 11 is 1.65. The van der Waals surface area contributed by atoms with Gasteiger partial charge in [0.05, 0.1) is 0 Å².